The number of benzene rings is 1. The van der Waals surface area contributed by atoms with Gasteiger partial charge in [-0.25, -0.2) is 4.79 Å². The van der Waals surface area contributed by atoms with E-state index in [-0.39, 0.29) is 5.97 Å². The average Bonchev–Trinajstić information content (AvgIpc) is 2.67. The minimum Gasteiger partial charge on any atom is -0.465 e. The molecule has 0 aromatic heterocycles. The number of carbonyl (C=O) groups is 1. The first-order valence-electron chi connectivity index (χ1n) is 9.01. The molecule has 0 atom stereocenters. The summed E-state index contributed by atoms with van der Waals surface area (Å²) in [6, 6.07) is 6.63. The van der Waals surface area contributed by atoms with Crippen molar-refractivity contribution in [2.24, 2.45) is 0 Å². The van der Waals surface area contributed by atoms with Crippen LogP contribution in [0.2, 0.25) is 0 Å². The monoisotopic (exact) mass is 332 g/mol. The van der Waals surface area contributed by atoms with E-state index in [1.807, 2.05) is 12.1 Å². The van der Waals surface area contributed by atoms with Crippen molar-refractivity contribution in [3.63, 3.8) is 0 Å². The summed E-state index contributed by atoms with van der Waals surface area (Å²) in [5, 5.41) is 0. The largest absolute Gasteiger partial charge is 0.465 e. The Hall–Kier alpha value is -1.59. The van der Waals surface area contributed by atoms with E-state index in [4.69, 9.17) is 9.47 Å². The predicted octanol–water partition coefficient (Wildman–Crippen LogP) is 2.34. The van der Waals surface area contributed by atoms with Gasteiger partial charge in [0.1, 0.15) is 0 Å². The van der Waals surface area contributed by atoms with E-state index in [9.17, 15) is 4.79 Å². The molecule has 2 heterocycles. The number of morpholine rings is 1. The minimum atomic E-state index is -0.262. The topological polar surface area (TPSA) is 42.0 Å². The molecule has 5 nitrogen and oxygen atoms in total. The van der Waals surface area contributed by atoms with Gasteiger partial charge in [0.2, 0.25) is 0 Å². The highest BCUT2D eigenvalue weighted by Gasteiger charge is 2.26. The Morgan fingerprint density at radius 2 is 1.92 bits per heavy atom. The fourth-order valence-corrected chi connectivity index (χ4v) is 3.84. The van der Waals surface area contributed by atoms with E-state index in [1.165, 1.54) is 31.2 Å². The summed E-state index contributed by atoms with van der Waals surface area (Å²) in [7, 11) is 1.43. The molecular formula is C19H28N2O3. The van der Waals surface area contributed by atoms with E-state index in [1.54, 1.807) is 0 Å². The molecule has 0 saturated carbocycles. The van der Waals surface area contributed by atoms with Crippen molar-refractivity contribution < 1.29 is 14.3 Å². The molecule has 0 unspecified atom stereocenters. The number of hydrogen-bond acceptors (Lipinski definition) is 5. The number of aryl methyl sites for hydroxylation is 1. The lowest BCUT2D eigenvalue weighted by molar-refractivity contribution is 0.0115. The number of carbonyl (C=O) groups excluding carboxylic acids is 1. The Labute approximate surface area is 144 Å². The van der Waals surface area contributed by atoms with Gasteiger partial charge in [0.25, 0.3) is 0 Å². The van der Waals surface area contributed by atoms with Gasteiger partial charge >= 0.3 is 5.97 Å². The molecule has 2 saturated heterocycles. The number of rotatable bonds is 4. The summed E-state index contributed by atoms with van der Waals surface area (Å²) in [5.74, 6) is -0.262. The summed E-state index contributed by atoms with van der Waals surface area (Å²) in [5.41, 5.74) is 3.13. The van der Waals surface area contributed by atoms with Crippen LogP contribution >= 0.6 is 0 Å². The fourth-order valence-electron chi connectivity index (χ4n) is 3.84. The van der Waals surface area contributed by atoms with Gasteiger partial charge in [0.15, 0.2) is 0 Å². The van der Waals surface area contributed by atoms with Crippen LogP contribution in [0.3, 0.4) is 0 Å². The lowest BCUT2D eigenvalue weighted by atomic mass is 9.99. The molecule has 0 radical (unpaired) electrons. The third kappa shape index (κ3) is 3.73. The molecule has 2 aliphatic rings. The first kappa shape index (κ1) is 17.2. The van der Waals surface area contributed by atoms with Crippen molar-refractivity contribution in [3.05, 3.63) is 29.3 Å². The molecule has 5 heteroatoms. The summed E-state index contributed by atoms with van der Waals surface area (Å²) < 4.78 is 10.3. The molecule has 0 spiro atoms. The Kier molecular flexibility index (Phi) is 5.74. The standard InChI is InChI=1S/C19H28N2O3/c1-3-15-14-16(19(22)23-2)4-5-18(15)21-8-6-17(7-9-21)20-10-12-24-13-11-20/h4-5,14,17H,3,6-13H2,1-2H3. The van der Waals surface area contributed by atoms with Crippen LogP contribution in [-0.4, -0.2) is 63.4 Å². The van der Waals surface area contributed by atoms with Crippen molar-refractivity contribution in [3.8, 4) is 0 Å². The molecule has 24 heavy (non-hydrogen) atoms. The Morgan fingerprint density at radius 1 is 1.21 bits per heavy atom. The molecule has 0 amide bonds. The van der Waals surface area contributed by atoms with Gasteiger partial charge in [-0.1, -0.05) is 6.92 Å². The van der Waals surface area contributed by atoms with Crippen LogP contribution in [0.25, 0.3) is 0 Å². The van der Waals surface area contributed by atoms with Crippen LogP contribution < -0.4 is 4.90 Å². The SMILES string of the molecule is CCc1cc(C(=O)OC)ccc1N1CCC(N2CCOCC2)CC1. The van der Waals surface area contributed by atoms with Gasteiger partial charge in [-0.05, 0) is 43.0 Å². The highest BCUT2D eigenvalue weighted by atomic mass is 16.5. The fraction of sp³-hybridized carbons (Fsp3) is 0.632. The average molecular weight is 332 g/mol. The molecule has 1 aromatic carbocycles. The Morgan fingerprint density at radius 3 is 2.54 bits per heavy atom. The molecular weight excluding hydrogens is 304 g/mol. The lowest BCUT2D eigenvalue weighted by Crippen LogP contribution is -2.49. The van der Waals surface area contributed by atoms with Gasteiger partial charge in [-0.3, -0.25) is 4.90 Å². The van der Waals surface area contributed by atoms with E-state index in [0.29, 0.717) is 11.6 Å². The maximum atomic E-state index is 11.7. The van der Waals surface area contributed by atoms with E-state index in [2.05, 4.69) is 22.8 Å². The normalized spacial score (nSPS) is 20.2. The summed E-state index contributed by atoms with van der Waals surface area (Å²) in [6.07, 6.45) is 3.31. The Bertz CT molecular complexity index is 562. The van der Waals surface area contributed by atoms with Gasteiger partial charge in [-0.15, -0.1) is 0 Å². The first-order valence-corrected chi connectivity index (χ1v) is 9.01. The number of esters is 1. The maximum absolute atomic E-state index is 11.7. The molecule has 0 N–H and O–H groups in total. The van der Waals surface area contributed by atoms with E-state index < -0.39 is 0 Å². The Balaban J connectivity index is 1.66. The van der Waals surface area contributed by atoms with Crippen LogP contribution in [0.15, 0.2) is 18.2 Å². The third-order valence-corrected chi connectivity index (χ3v) is 5.25. The van der Waals surface area contributed by atoms with Gasteiger partial charge < -0.3 is 14.4 Å². The third-order valence-electron chi connectivity index (χ3n) is 5.25. The van der Waals surface area contributed by atoms with E-state index in [0.717, 1.165) is 45.8 Å². The van der Waals surface area contributed by atoms with Crippen molar-refractivity contribution in [2.45, 2.75) is 32.2 Å². The van der Waals surface area contributed by atoms with Crippen LogP contribution in [0, 0.1) is 0 Å². The van der Waals surface area contributed by atoms with Crippen LogP contribution in [0.5, 0.6) is 0 Å². The molecule has 0 aliphatic carbocycles. The molecule has 2 aliphatic heterocycles. The van der Waals surface area contributed by atoms with Crippen LogP contribution in [0.1, 0.15) is 35.7 Å². The number of hydrogen-bond donors (Lipinski definition) is 0. The zero-order valence-corrected chi connectivity index (χ0v) is 14.8. The van der Waals surface area contributed by atoms with Crippen molar-refractivity contribution >= 4 is 11.7 Å². The maximum Gasteiger partial charge on any atom is 0.337 e. The number of anilines is 1. The zero-order valence-electron chi connectivity index (χ0n) is 14.8. The molecule has 0 bridgehead atoms. The molecule has 1 aromatic rings. The van der Waals surface area contributed by atoms with Crippen LogP contribution in [-0.2, 0) is 15.9 Å². The minimum absolute atomic E-state index is 0.262. The zero-order chi connectivity index (χ0) is 16.9. The second kappa shape index (κ2) is 7.99. The molecule has 132 valence electrons. The smallest absolute Gasteiger partial charge is 0.337 e. The molecule has 3 rings (SSSR count). The quantitative estimate of drug-likeness (QED) is 0.792. The number of nitrogens with zero attached hydrogens (tertiary/aromatic N) is 2. The molecule has 2 fully saturated rings. The summed E-state index contributed by atoms with van der Waals surface area (Å²) >= 11 is 0. The number of piperidine rings is 1. The van der Waals surface area contributed by atoms with Gasteiger partial charge in [0, 0.05) is 37.9 Å². The predicted molar refractivity (Wildman–Crippen MR) is 94.8 cm³/mol. The second-order valence-electron chi connectivity index (χ2n) is 6.56. The highest BCUT2D eigenvalue weighted by molar-refractivity contribution is 5.90. The lowest BCUT2D eigenvalue weighted by Gasteiger charge is -2.41. The van der Waals surface area contributed by atoms with E-state index >= 15 is 0 Å². The first-order chi connectivity index (χ1) is 11.7. The summed E-state index contributed by atoms with van der Waals surface area (Å²) in [4.78, 5) is 16.8. The van der Waals surface area contributed by atoms with Gasteiger partial charge in [-0.2, -0.15) is 0 Å². The van der Waals surface area contributed by atoms with Crippen molar-refractivity contribution in [2.75, 3.05) is 51.4 Å². The van der Waals surface area contributed by atoms with Crippen molar-refractivity contribution in [1.82, 2.24) is 4.90 Å². The van der Waals surface area contributed by atoms with Crippen LogP contribution in [0.4, 0.5) is 5.69 Å². The van der Waals surface area contributed by atoms with Gasteiger partial charge in [0.05, 0.1) is 25.9 Å². The number of methoxy groups -OCH3 is 1. The van der Waals surface area contributed by atoms with Crippen molar-refractivity contribution in [1.29, 1.82) is 0 Å². The summed E-state index contributed by atoms with van der Waals surface area (Å²) in [6.45, 7) is 8.17. The second-order valence-corrected chi connectivity index (χ2v) is 6.56. The highest BCUT2D eigenvalue weighted by Crippen LogP contribution is 2.27. The number of ether oxygens (including phenoxy) is 2.